The molecule has 0 radical (unpaired) electrons. The van der Waals surface area contributed by atoms with Crippen LogP contribution in [-0.4, -0.2) is 69.5 Å². The molecule has 5 rings (SSSR count). The second kappa shape index (κ2) is 6.83. The van der Waals surface area contributed by atoms with Crippen LogP contribution in [0.15, 0.2) is 36.8 Å². The van der Waals surface area contributed by atoms with Crippen molar-refractivity contribution in [2.75, 3.05) is 38.2 Å². The summed E-state index contributed by atoms with van der Waals surface area (Å²) in [4.78, 5) is 25.4. The van der Waals surface area contributed by atoms with Gasteiger partial charge in [-0.05, 0) is 39.0 Å². The van der Waals surface area contributed by atoms with Crippen molar-refractivity contribution in [2.24, 2.45) is 5.41 Å². The highest BCUT2D eigenvalue weighted by Crippen LogP contribution is 2.42. The van der Waals surface area contributed by atoms with Crippen LogP contribution in [0, 0.1) is 5.41 Å². The maximum absolute atomic E-state index is 12.2. The van der Waals surface area contributed by atoms with Gasteiger partial charge in [0.1, 0.15) is 11.4 Å². The van der Waals surface area contributed by atoms with E-state index in [1.54, 1.807) is 28.9 Å². The third-order valence-corrected chi connectivity index (χ3v) is 5.69. The van der Waals surface area contributed by atoms with E-state index in [4.69, 9.17) is 14.5 Å². The largest absolute Gasteiger partial charge is 0.481 e. The number of likely N-dealkylation sites (tertiary alicyclic amines) is 1. The number of hydrogen-bond acceptors (Lipinski definition) is 7. The number of pyridine rings is 1. The van der Waals surface area contributed by atoms with Gasteiger partial charge in [-0.2, -0.15) is 5.10 Å². The van der Waals surface area contributed by atoms with Crippen LogP contribution < -0.4 is 9.64 Å². The Hall–Kier alpha value is -3.36. The monoisotopic (exact) mass is 422 g/mol. The number of carbonyl (C=O) groups excluding carboxylic acids is 1. The molecule has 2 aliphatic heterocycles. The molecule has 0 atom stereocenters. The molecule has 31 heavy (non-hydrogen) atoms. The molecule has 162 valence electrons. The number of nitrogens with zero attached hydrogens (tertiary/aromatic N) is 6. The summed E-state index contributed by atoms with van der Waals surface area (Å²) >= 11 is 0. The summed E-state index contributed by atoms with van der Waals surface area (Å²) in [6.45, 7) is 8.86. The summed E-state index contributed by atoms with van der Waals surface area (Å²) in [7, 11) is 1.61. The highest BCUT2D eigenvalue weighted by Gasteiger charge is 2.54. The highest BCUT2D eigenvalue weighted by molar-refractivity contribution is 5.80. The van der Waals surface area contributed by atoms with Crippen LogP contribution in [0.1, 0.15) is 20.8 Å². The fourth-order valence-electron chi connectivity index (χ4n) is 4.33. The summed E-state index contributed by atoms with van der Waals surface area (Å²) in [5.41, 5.74) is 2.16. The fourth-order valence-corrected chi connectivity index (χ4v) is 4.33. The number of ether oxygens (including phenoxy) is 2. The molecule has 9 heteroatoms. The normalized spacial score (nSPS) is 17.4. The molecule has 1 spiro atoms. The van der Waals surface area contributed by atoms with Crippen molar-refractivity contribution in [3.05, 3.63) is 36.8 Å². The third kappa shape index (κ3) is 3.43. The maximum atomic E-state index is 12.2. The Morgan fingerprint density at radius 1 is 1.13 bits per heavy atom. The van der Waals surface area contributed by atoms with E-state index in [-0.39, 0.29) is 11.5 Å². The molecule has 5 heterocycles. The van der Waals surface area contributed by atoms with Gasteiger partial charge in [-0.15, -0.1) is 0 Å². The van der Waals surface area contributed by atoms with Gasteiger partial charge in [-0.3, -0.25) is 0 Å². The van der Waals surface area contributed by atoms with E-state index in [1.807, 2.05) is 45.2 Å². The summed E-state index contributed by atoms with van der Waals surface area (Å²) < 4.78 is 12.6. The Morgan fingerprint density at radius 2 is 1.90 bits per heavy atom. The lowest BCUT2D eigenvalue weighted by Crippen LogP contribution is -2.73. The Labute approximate surface area is 180 Å². The molecule has 1 amide bonds. The van der Waals surface area contributed by atoms with Gasteiger partial charge >= 0.3 is 6.09 Å². The Morgan fingerprint density at radius 3 is 2.61 bits per heavy atom. The molecule has 0 aromatic carbocycles. The van der Waals surface area contributed by atoms with Crippen molar-refractivity contribution >= 4 is 17.6 Å². The number of methoxy groups -OCH3 is 1. The van der Waals surface area contributed by atoms with Crippen LogP contribution in [0.25, 0.3) is 16.8 Å². The smallest absolute Gasteiger partial charge is 0.410 e. The minimum Gasteiger partial charge on any atom is -0.481 e. The molecule has 0 bridgehead atoms. The van der Waals surface area contributed by atoms with Gasteiger partial charge < -0.3 is 19.3 Å². The number of hydrogen-bond donors (Lipinski definition) is 0. The highest BCUT2D eigenvalue weighted by atomic mass is 16.6. The van der Waals surface area contributed by atoms with Crippen LogP contribution in [0.5, 0.6) is 5.88 Å². The lowest BCUT2D eigenvalue weighted by atomic mass is 9.73. The summed E-state index contributed by atoms with van der Waals surface area (Å²) in [6.07, 6.45) is 5.17. The molecule has 0 unspecified atom stereocenters. The summed E-state index contributed by atoms with van der Waals surface area (Å²) in [5.74, 6) is 1.45. The van der Waals surface area contributed by atoms with Gasteiger partial charge in [0.2, 0.25) is 5.88 Å². The van der Waals surface area contributed by atoms with Crippen LogP contribution in [0.4, 0.5) is 10.6 Å². The van der Waals surface area contributed by atoms with Crippen LogP contribution in [-0.2, 0) is 4.74 Å². The molecule has 2 aliphatic rings. The predicted octanol–water partition coefficient (Wildman–Crippen LogP) is 2.86. The van der Waals surface area contributed by atoms with E-state index in [0.717, 1.165) is 48.8 Å². The van der Waals surface area contributed by atoms with E-state index in [1.165, 1.54) is 0 Å². The lowest BCUT2D eigenvalue weighted by molar-refractivity contribution is -0.0454. The van der Waals surface area contributed by atoms with E-state index < -0.39 is 5.60 Å². The third-order valence-electron chi connectivity index (χ3n) is 5.69. The van der Waals surface area contributed by atoms with E-state index in [9.17, 15) is 4.79 Å². The van der Waals surface area contributed by atoms with Gasteiger partial charge in [0, 0.05) is 49.6 Å². The van der Waals surface area contributed by atoms with Crippen molar-refractivity contribution in [3.8, 4) is 17.0 Å². The first-order valence-electron chi connectivity index (χ1n) is 10.3. The zero-order chi connectivity index (χ0) is 21.8. The predicted molar refractivity (Wildman–Crippen MR) is 115 cm³/mol. The molecule has 3 aromatic rings. The fraction of sp³-hybridized carbons (Fsp3) is 0.455. The Kier molecular flexibility index (Phi) is 4.32. The van der Waals surface area contributed by atoms with Crippen LogP contribution in [0.2, 0.25) is 0 Å². The molecule has 9 nitrogen and oxygen atoms in total. The quantitative estimate of drug-likeness (QED) is 0.642. The molecule has 3 aromatic heterocycles. The SMILES string of the molecule is COc1ncccc1-c1cnn2ccc(N3CC4(CN(C(=O)OC(C)(C)C)C4)C3)nc12. The Bertz CT molecular complexity index is 1140. The van der Waals surface area contributed by atoms with Crippen molar-refractivity contribution in [3.63, 3.8) is 0 Å². The van der Waals surface area contributed by atoms with Crippen molar-refractivity contribution < 1.29 is 14.3 Å². The number of fused-ring (bicyclic) bond motifs is 1. The topological polar surface area (TPSA) is 85.1 Å². The van der Waals surface area contributed by atoms with Crippen molar-refractivity contribution in [1.82, 2.24) is 24.5 Å². The summed E-state index contributed by atoms with van der Waals surface area (Å²) in [6, 6.07) is 5.80. The van der Waals surface area contributed by atoms with Crippen molar-refractivity contribution in [1.29, 1.82) is 0 Å². The molecule has 0 N–H and O–H groups in total. The van der Waals surface area contributed by atoms with E-state index >= 15 is 0 Å². The van der Waals surface area contributed by atoms with Gasteiger partial charge in [0.05, 0.1) is 18.9 Å². The van der Waals surface area contributed by atoms with Crippen LogP contribution >= 0.6 is 0 Å². The van der Waals surface area contributed by atoms with Gasteiger partial charge in [-0.25, -0.2) is 19.3 Å². The number of aromatic nitrogens is 4. The number of rotatable bonds is 3. The average Bonchev–Trinajstić information content (AvgIpc) is 3.07. The van der Waals surface area contributed by atoms with E-state index in [0.29, 0.717) is 5.88 Å². The van der Waals surface area contributed by atoms with Crippen molar-refractivity contribution in [2.45, 2.75) is 26.4 Å². The Balaban J connectivity index is 1.30. The van der Waals surface area contributed by atoms with Crippen LogP contribution in [0.3, 0.4) is 0 Å². The van der Waals surface area contributed by atoms with Gasteiger partial charge in [0.15, 0.2) is 5.65 Å². The minimum absolute atomic E-state index is 0.139. The zero-order valence-electron chi connectivity index (χ0n) is 18.2. The lowest BCUT2D eigenvalue weighted by Gasteiger charge is -2.60. The second-order valence-electron chi connectivity index (χ2n) is 9.36. The number of anilines is 1. The molecular weight excluding hydrogens is 396 g/mol. The van der Waals surface area contributed by atoms with Gasteiger partial charge in [-0.1, -0.05) is 0 Å². The number of carbonyl (C=O) groups is 1. The van der Waals surface area contributed by atoms with E-state index in [2.05, 4.69) is 15.0 Å². The average molecular weight is 422 g/mol. The maximum Gasteiger partial charge on any atom is 0.410 e. The first-order chi connectivity index (χ1) is 14.8. The zero-order valence-corrected chi connectivity index (χ0v) is 18.2. The second-order valence-corrected chi connectivity index (χ2v) is 9.36. The first kappa shape index (κ1) is 19.6. The molecule has 2 fully saturated rings. The standard InChI is InChI=1S/C22H26N6O3/c1-21(2,3)31-20(29)27-13-22(14-27)11-26(12-22)17-7-9-28-18(25-17)16(10-24-28)15-6-5-8-23-19(15)30-4/h5-10H,11-14H2,1-4H3. The molecule has 2 saturated heterocycles. The molecule has 0 saturated carbocycles. The number of amides is 1. The first-order valence-corrected chi connectivity index (χ1v) is 10.3. The summed E-state index contributed by atoms with van der Waals surface area (Å²) in [5, 5.41) is 4.42. The minimum atomic E-state index is -0.468. The van der Waals surface area contributed by atoms with Gasteiger partial charge in [0.25, 0.3) is 0 Å². The molecule has 0 aliphatic carbocycles. The molecular formula is C22H26N6O3.